The number of ether oxygens (including phenoxy) is 1. The molecule has 1 aromatic rings. The molecule has 0 heterocycles. The summed E-state index contributed by atoms with van der Waals surface area (Å²) in [5.74, 6) is -0.309. The van der Waals surface area contributed by atoms with Gasteiger partial charge in [-0.1, -0.05) is 12.1 Å². The number of aliphatic hydroxyl groups is 1. The van der Waals surface area contributed by atoms with E-state index in [4.69, 9.17) is 9.84 Å². The highest BCUT2D eigenvalue weighted by Gasteiger charge is 2.11. The Balaban J connectivity index is 2.66. The van der Waals surface area contributed by atoms with Gasteiger partial charge in [0.25, 0.3) is 0 Å². The zero-order chi connectivity index (χ0) is 12.1. The molecule has 0 fully saturated rings. The number of aliphatic hydroxyl groups excluding tert-OH is 1. The van der Waals surface area contributed by atoms with Crippen molar-refractivity contribution in [3.63, 3.8) is 0 Å². The third-order valence-corrected chi connectivity index (χ3v) is 2.00. The van der Waals surface area contributed by atoms with Crippen molar-refractivity contribution in [3.8, 4) is 5.75 Å². The molecule has 0 aromatic heterocycles. The van der Waals surface area contributed by atoms with Crippen LogP contribution in [-0.2, 0) is 4.79 Å². The first-order valence-electron chi connectivity index (χ1n) is 5.15. The fraction of sp³-hybridized carbons (Fsp3) is 0.417. The Hall–Kier alpha value is -1.55. The summed E-state index contributed by atoms with van der Waals surface area (Å²) >= 11 is 0. The van der Waals surface area contributed by atoms with Crippen LogP contribution in [0.25, 0.3) is 0 Å². The number of benzene rings is 1. The van der Waals surface area contributed by atoms with Crippen molar-refractivity contribution in [3.05, 3.63) is 29.8 Å². The molecule has 4 heteroatoms. The molecule has 88 valence electrons. The van der Waals surface area contributed by atoms with E-state index in [-0.39, 0.29) is 12.5 Å². The van der Waals surface area contributed by atoms with Crippen molar-refractivity contribution in [2.75, 3.05) is 0 Å². The second-order valence-corrected chi connectivity index (χ2v) is 3.85. The molecule has 0 aliphatic carbocycles. The van der Waals surface area contributed by atoms with Crippen LogP contribution < -0.4 is 4.74 Å². The quantitative estimate of drug-likeness (QED) is 0.802. The van der Waals surface area contributed by atoms with Crippen molar-refractivity contribution in [2.45, 2.75) is 32.5 Å². The van der Waals surface area contributed by atoms with Gasteiger partial charge in [0.15, 0.2) is 0 Å². The lowest BCUT2D eigenvalue weighted by Gasteiger charge is -2.12. The molecule has 2 N–H and O–H groups in total. The second kappa shape index (κ2) is 5.51. The van der Waals surface area contributed by atoms with Crippen LogP contribution in [0.1, 0.15) is 31.9 Å². The summed E-state index contributed by atoms with van der Waals surface area (Å²) in [6.07, 6.45) is -1.16. The van der Waals surface area contributed by atoms with E-state index in [1.54, 1.807) is 24.3 Å². The molecule has 0 saturated heterocycles. The minimum absolute atomic E-state index is 0.0924. The van der Waals surface area contributed by atoms with Crippen molar-refractivity contribution >= 4 is 5.97 Å². The van der Waals surface area contributed by atoms with Crippen molar-refractivity contribution in [2.24, 2.45) is 0 Å². The number of aliphatic carboxylic acids is 1. The Morgan fingerprint density at radius 2 is 1.88 bits per heavy atom. The van der Waals surface area contributed by atoms with E-state index in [1.807, 2.05) is 13.8 Å². The van der Waals surface area contributed by atoms with Gasteiger partial charge in [0, 0.05) is 0 Å². The fourth-order valence-corrected chi connectivity index (χ4v) is 1.32. The molecule has 0 saturated carbocycles. The van der Waals surface area contributed by atoms with E-state index in [0.717, 1.165) is 0 Å². The first-order valence-corrected chi connectivity index (χ1v) is 5.15. The predicted octanol–water partition coefficient (Wildman–Crippen LogP) is 1.98. The first-order chi connectivity index (χ1) is 7.49. The summed E-state index contributed by atoms with van der Waals surface area (Å²) in [5.41, 5.74) is 0.582. The van der Waals surface area contributed by atoms with Crippen molar-refractivity contribution < 1.29 is 19.7 Å². The summed E-state index contributed by atoms with van der Waals surface area (Å²) < 4.78 is 5.43. The topological polar surface area (TPSA) is 66.8 Å². The summed E-state index contributed by atoms with van der Waals surface area (Å²) in [7, 11) is 0. The third-order valence-electron chi connectivity index (χ3n) is 2.00. The average Bonchev–Trinajstić information content (AvgIpc) is 2.16. The molecule has 0 aliphatic rings. The van der Waals surface area contributed by atoms with Gasteiger partial charge in [-0.2, -0.15) is 0 Å². The lowest BCUT2D eigenvalue weighted by molar-refractivity contribution is -0.139. The van der Waals surface area contributed by atoms with Gasteiger partial charge in [-0.15, -0.1) is 0 Å². The van der Waals surface area contributed by atoms with E-state index in [0.29, 0.717) is 11.3 Å². The van der Waals surface area contributed by atoms with Crippen LogP contribution in [0, 0.1) is 0 Å². The molecule has 0 amide bonds. The zero-order valence-electron chi connectivity index (χ0n) is 9.38. The van der Waals surface area contributed by atoms with Crippen LogP contribution in [0.3, 0.4) is 0 Å². The van der Waals surface area contributed by atoms with Crippen LogP contribution in [0.4, 0.5) is 0 Å². The van der Waals surface area contributed by atoms with Gasteiger partial charge in [-0.3, -0.25) is 4.79 Å². The van der Waals surface area contributed by atoms with Gasteiger partial charge in [-0.05, 0) is 31.5 Å². The summed E-state index contributed by atoms with van der Waals surface area (Å²) in [6.45, 7) is 3.85. The van der Waals surface area contributed by atoms with E-state index >= 15 is 0 Å². The van der Waals surface area contributed by atoms with Crippen LogP contribution in [0.2, 0.25) is 0 Å². The Morgan fingerprint density at radius 3 is 2.31 bits per heavy atom. The van der Waals surface area contributed by atoms with Gasteiger partial charge in [-0.25, -0.2) is 0 Å². The molecule has 1 atom stereocenters. The smallest absolute Gasteiger partial charge is 0.306 e. The molecule has 0 aliphatic heterocycles. The van der Waals surface area contributed by atoms with Crippen LogP contribution in [0.15, 0.2) is 24.3 Å². The van der Waals surface area contributed by atoms with Crippen molar-refractivity contribution in [1.82, 2.24) is 0 Å². The molecular weight excluding hydrogens is 208 g/mol. The molecule has 1 aromatic carbocycles. The highest BCUT2D eigenvalue weighted by molar-refractivity contribution is 5.67. The molecule has 0 bridgehead atoms. The van der Waals surface area contributed by atoms with Crippen LogP contribution in [-0.4, -0.2) is 22.3 Å². The third kappa shape index (κ3) is 3.90. The minimum atomic E-state index is -1.02. The van der Waals surface area contributed by atoms with Gasteiger partial charge in [0.1, 0.15) is 5.75 Å². The average molecular weight is 224 g/mol. The number of hydrogen-bond donors (Lipinski definition) is 2. The molecule has 16 heavy (non-hydrogen) atoms. The summed E-state index contributed by atoms with van der Waals surface area (Å²) in [6, 6.07) is 6.79. The Labute approximate surface area is 94.5 Å². The second-order valence-electron chi connectivity index (χ2n) is 3.85. The maximum Gasteiger partial charge on any atom is 0.306 e. The van der Waals surface area contributed by atoms with Gasteiger partial charge >= 0.3 is 5.97 Å². The van der Waals surface area contributed by atoms with E-state index in [9.17, 15) is 9.90 Å². The predicted molar refractivity (Wildman–Crippen MR) is 59.4 cm³/mol. The Bertz CT molecular complexity index is 343. The molecule has 0 spiro atoms. The van der Waals surface area contributed by atoms with Gasteiger partial charge < -0.3 is 14.9 Å². The number of rotatable bonds is 5. The molecule has 1 rings (SSSR count). The van der Waals surface area contributed by atoms with Gasteiger partial charge in [0.2, 0.25) is 0 Å². The summed E-state index contributed by atoms with van der Waals surface area (Å²) in [5, 5.41) is 18.1. The van der Waals surface area contributed by atoms with E-state index in [1.165, 1.54) is 0 Å². The molecule has 0 radical (unpaired) electrons. The Kier molecular flexibility index (Phi) is 4.31. The largest absolute Gasteiger partial charge is 0.491 e. The number of carbonyl (C=O) groups is 1. The SMILES string of the molecule is CC(C)Oc1ccc(C(O)CC(=O)O)cc1. The molecule has 4 nitrogen and oxygen atoms in total. The van der Waals surface area contributed by atoms with Gasteiger partial charge in [0.05, 0.1) is 18.6 Å². The van der Waals surface area contributed by atoms with Crippen LogP contribution in [0.5, 0.6) is 5.75 Å². The zero-order valence-corrected chi connectivity index (χ0v) is 9.38. The molecular formula is C12H16O4. The number of hydrogen-bond acceptors (Lipinski definition) is 3. The monoisotopic (exact) mass is 224 g/mol. The van der Waals surface area contributed by atoms with Crippen LogP contribution >= 0.6 is 0 Å². The Morgan fingerprint density at radius 1 is 1.31 bits per heavy atom. The summed E-state index contributed by atoms with van der Waals surface area (Å²) in [4.78, 5) is 10.4. The fourth-order valence-electron chi connectivity index (χ4n) is 1.32. The highest BCUT2D eigenvalue weighted by atomic mass is 16.5. The van der Waals surface area contributed by atoms with Crippen molar-refractivity contribution in [1.29, 1.82) is 0 Å². The maximum absolute atomic E-state index is 10.4. The van der Waals surface area contributed by atoms with E-state index in [2.05, 4.69) is 0 Å². The minimum Gasteiger partial charge on any atom is -0.491 e. The number of carboxylic acid groups (broad SMARTS) is 1. The lowest BCUT2D eigenvalue weighted by atomic mass is 10.1. The first kappa shape index (κ1) is 12.5. The lowest BCUT2D eigenvalue weighted by Crippen LogP contribution is -2.07. The normalized spacial score (nSPS) is 12.5. The molecule has 1 unspecified atom stereocenters. The standard InChI is InChI=1S/C12H16O4/c1-8(2)16-10-5-3-9(4-6-10)11(13)7-12(14)15/h3-6,8,11,13H,7H2,1-2H3,(H,14,15). The highest BCUT2D eigenvalue weighted by Crippen LogP contribution is 2.20. The van der Waals surface area contributed by atoms with E-state index < -0.39 is 12.1 Å². The number of carboxylic acids is 1. The maximum atomic E-state index is 10.4.